The van der Waals surface area contributed by atoms with Crippen molar-refractivity contribution in [1.82, 2.24) is 0 Å². The third-order valence-electron chi connectivity index (χ3n) is 6.29. The molecule has 8 atom stereocenters. The summed E-state index contributed by atoms with van der Waals surface area (Å²) >= 11 is 0. The average Bonchev–Trinajstić information content (AvgIpc) is 3.25. The predicted molar refractivity (Wildman–Crippen MR) is 122 cm³/mol. The number of fused-ring (bicyclic) bond motifs is 1. The molecule has 0 radical (unpaired) electrons. The largest absolute Gasteiger partial charge is 0.385 e. The first-order valence-electron chi connectivity index (χ1n) is 11.9. The number of aliphatic hydroxyl groups is 2. The molecule has 3 aliphatic heterocycles. The molecule has 2 aromatic carbocycles. The summed E-state index contributed by atoms with van der Waals surface area (Å²) in [6.07, 6.45) is -7.11. The molecule has 5 rings (SSSR count). The van der Waals surface area contributed by atoms with E-state index < -0.39 is 55.2 Å². The average molecular weight is 489 g/mol. The van der Waals surface area contributed by atoms with Crippen LogP contribution >= 0.6 is 0 Å². The zero-order valence-electron chi connectivity index (χ0n) is 19.8. The van der Waals surface area contributed by atoms with Crippen LogP contribution in [-0.2, 0) is 39.8 Å². The maximum absolute atomic E-state index is 11.2. The molecule has 0 spiro atoms. The molecule has 0 saturated carbocycles. The van der Waals surface area contributed by atoms with Crippen molar-refractivity contribution >= 4 is 0 Å². The van der Waals surface area contributed by atoms with Crippen LogP contribution in [0.1, 0.15) is 31.3 Å². The van der Waals surface area contributed by atoms with Crippen molar-refractivity contribution in [3.05, 3.63) is 71.8 Å². The fraction of sp³-hybridized carbons (Fsp3) is 0.538. The SMILES string of the molecule is CC1(C)OCC(C(O)O[C@@H]2O[C@@H]3COC(c4ccccc4)O[C@H]3[C@H](OCc3ccccc3)[C@@H]2O)O1. The lowest BCUT2D eigenvalue weighted by atomic mass is 9.97. The van der Waals surface area contributed by atoms with Gasteiger partial charge in [-0.15, -0.1) is 0 Å². The molecule has 0 amide bonds. The minimum Gasteiger partial charge on any atom is -0.385 e. The summed E-state index contributed by atoms with van der Waals surface area (Å²) in [7, 11) is 0. The summed E-state index contributed by atoms with van der Waals surface area (Å²) in [5, 5.41) is 21.8. The van der Waals surface area contributed by atoms with E-state index in [9.17, 15) is 10.2 Å². The van der Waals surface area contributed by atoms with Gasteiger partial charge in [-0.2, -0.15) is 0 Å². The topological polar surface area (TPSA) is 105 Å². The minimum absolute atomic E-state index is 0.155. The summed E-state index contributed by atoms with van der Waals surface area (Å²) in [6, 6.07) is 19.2. The van der Waals surface area contributed by atoms with Crippen LogP contribution in [0.15, 0.2) is 60.7 Å². The molecule has 0 aromatic heterocycles. The summed E-state index contributed by atoms with van der Waals surface area (Å²) in [4.78, 5) is 0. The lowest BCUT2D eigenvalue weighted by molar-refractivity contribution is -0.385. The van der Waals surface area contributed by atoms with E-state index in [0.29, 0.717) is 0 Å². The van der Waals surface area contributed by atoms with Crippen LogP contribution in [0.2, 0.25) is 0 Å². The van der Waals surface area contributed by atoms with E-state index in [1.807, 2.05) is 60.7 Å². The zero-order chi connectivity index (χ0) is 24.4. The molecule has 9 nitrogen and oxygen atoms in total. The summed E-state index contributed by atoms with van der Waals surface area (Å²) in [5.74, 6) is -0.828. The standard InChI is InChI=1S/C26H32O9/c1-26(2)31-15-19(35-26)23(28)34-25-20(27)22(29-13-16-9-5-3-6-10-16)21-18(32-25)14-30-24(33-21)17-11-7-4-8-12-17/h3-12,18-25,27-28H,13-15H2,1-2H3/t18-,19?,20+,21-,22-,23?,24?,25+/m1/s1. The molecule has 0 aliphatic carbocycles. The Hall–Kier alpha value is -1.92. The number of rotatable bonds is 7. The molecule has 35 heavy (non-hydrogen) atoms. The second-order valence-electron chi connectivity index (χ2n) is 9.37. The van der Waals surface area contributed by atoms with Crippen LogP contribution in [0.3, 0.4) is 0 Å². The van der Waals surface area contributed by atoms with Crippen LogP contribution in [0, 0.1) is 0 Å². The highest BCUT2D eigenvalue weighted by Crippen LogP contribution is 2.36. The van der Waals surface area contributed by atoms with Crippen LogP contribution < -0.4 is 0 Å². The first-order valence-corrected chi connectivity index (χ1v) is 11.9. The van der Waals surface area contributed by atoms with Gasteiger partial charge in [-0.3, -0.25) is 0 Å². The maximum atomic E-state index is 11.2. The molecule has 190 valence electrons. The number of hydrogen-bond donors (Lipinski definition) is 2. The molecule has 0 bridgehead atoms. The lowest BCUT2D eigenvalue weighted by Crippen LogP contribution is -2.63. The van der Waals surface area contributed by atoms with Gasteiger partial charge in [0.1, 0.15) is 30.5 Å². The Morgan fingerprint density at radius 2 is 1.71 bits per heavy atom. The summed E-state index contributed by atoms with van der Waals surface area (Å²) < 4.78 is 41.2. The Morgan fingerprint density at radius 1 is 1.00 bits per heavy atom. The monoisotopic (exact) mass is 488 g/mol. The second kappa shape index (κ2) is 10.6. The lowest BCUT2D eigenvalue weighted by Gasteiger charge is -2.48. The normalized spacial score (nSPS) is 35.4. The van der Waals surface area contributed by atoms with Crippen LogP contribution in [0.25, 0.3) is 0 Å². The molecular formula is C26H32O9. The van der Waals surface area contributed by atoms with Gasteiger partial charge >= 0.3 is 0 Å². The van der Waals surface area contributed by atoms with Gasteiger partial charge in [-0.05, 0) is 19.4 Å². The minimum atomic E-state index is -1.37. The van der Waals surface area contributed by atoms with Crippen LogP contribution in [0.5, 0.6) is 0 Å². The molecule has 3 aliphatic rings. The molecule has 3 heterocycles. The Morgan fingerprint density at radius 3 is 2.40 bits per heavy atom. The Kier molecular flexibility index (Phi) is 7.50. The molecule has 3 fully saturated rings. The van der Waals surface area contributed by atoms with Gasteiger partial charge in [0.25, 0.3) is 0 Å². The van der Waals surface area contributed by atoms with E-state index in [2.05, 4.69) is 0 Å². The third kappa shape index (κ3) is 5.75. The summed E-state index contributed by atoms with van der Waals surface area (Å²) in [5.41, 5.74) is 1.81. The van der Waals surface area contributed by atoms with Crippen LogP contribution in [-0.4, -0.2) is 72.3 Å². The van der Waals surface area contributed by atoms with Gasteiger partial charge in [0.15, 0.2) is 24.7 Å². The Labute approximate surface area is 204 Å². The molecule has 9 heteroatoms. The smallest absolute Gasteiger partial charge is 0.189 e. The van der Waals surface area contributed by atoms with Gasteiger partial charge in [-0.25, -0.2) is 0 Å². The number of benzene rings is 2. The zero-order valence-corrected chi connectivity index (χ0v) is 19.8. The van der Waals surface area contributed by atoms with Gasteiger partial charge < -0.3 is 43.4 Å². The highest BCUT2D eigenvalue weighted by Gasteiger charge is 2.52. The number of aliphatic hydroxyl groups excluding tert-OH is 2. The van der Waals surface area contributed by atoms with Gasteiger partial charge in [0, 0.05) is 5.56 Å². The third-order valence-corrected chi connectivity index (χ3v) is 6.29. The molecule has 3 saturated heterocycles. The second-order valence-corrected chi connectivity index (χ2v) is 9.37. The fourth-order valence-corrected chi connectivity index (χ4v) is 4.49. The van der Waals surface area contributed by atoms with Crippen molar-refractivity contribution in [3.63, 3.8) is 0 Å². The van der Waals surface area contributed by atoms with Gasteiger partial charge in [0.05, 0.1) is 19.8 Å². The van der Waals surface area contributed by atoms with E-state index >= 15 is 0 Å². The first-order chi connectivity index (χ1) is 16.9. The van der Waals surface area contributed by atoms with E-state index in [1.165, 1.54) is 0 Å². The Bertz CT molecular complexity index is 940. The Balaban J connectivity index is 1.31. The number of hydrogen-bond acceptors (Lipinski definition) is 9. The molecular weight excluding hydrogens is 456 g/mol. The van der Waals surface area contributed by atoms with Crippen LogP contribution in [0.4, 0.5) is 0 Å². The van der Waals surface area contributed by atoms with Crippen molar-refractivity contribution in [2.45, 2.75) is 75.6 Å². The quantitative estimate of drug-likeness (QED) is 0.568. The van der Waals surface area contributed by atoms with Gasteiger partial charge in [-0.1, -0.05) is 60.7 Å². The van der Waals surface area contributed by atoms with Crippen molar-refractivity contribution in [3.8, 4) is 0 Å². The van der Waals surface area contributed by atoms with E-state index in [0.717, 1.165) is 11.1 Å². The molecule has 3 unspecified atom stereocenters. The molecule has 2 aromatic rings. The van der Waals surface area contributed by atoms with Gasteiger partial charge in [0.2, 0.25) is 0 Å². The van der Waals surface area contributed by atoms with E-state index in [1.54, 1.807) is 13.8 Å². The highest BCUT2D eigenvalue weighted by molar-refractivity contribution is 5.17. The fourth-order valence-electron chi connectivity index (χ4n) is 4.49. The van der Waals surface area contributed by atoms with Crippen molar-refractivity contribution < 1.29 is 43.4 Å². The highest BCUT2D eigenvalue weighted by atomic mass is 16.8. The van der Waals surface area contributed by atoms with E-state index in [4.69, 9.17) is 33.2 Å². The first kappa shape index (κ1) is 24.8. The van der Waals surface area contributed by atoms with Crippen molar-refractivity contribution in [1.29, 1.82) is 0 Å². The number of ether oxygens (including phenoxy) is 7. The van der Waals surface area contributed by atoms with Crippen molar-refractivity contribution in [2.75, 3.05) is 13.2 Å². The predicted octanol–water partition coefficient (Wildman–Crippen LogP) is 2.26. The summed E-state index contributed by atoms with van der Waals surface area (Å²) in [6.45, 7) is 4.12. The molecule has 2 N–H and O–H groups in total. The van der Waals surface area contributed by atoms with Crippen molar-refractivity contribution in [2.24, 2.45) is 0 Å². The maximum Gasteiger partial charge on any atom is 0.189 e. The van der Waals surface area contributed by atoms with E-state index in [-0.39, 0.29) is 19.8 Å².